The molecule has 0 aliphatic carbocycles. The average Bonchev–Trinajstić information content (AvgIpc) is 2.85. The number of hydrogen-bond acceptors (Lipinski definition) is 2. The molecule has 108 valence electrons. The van der Waals surface area contributed by atoms with E-state index < -0.39 is 0 Å². The summed E-state index contributed by atoms with van der Waals surface area (Å²) >= 11 is 7.70. The molecule has 3 heteroatoms. The van der Waals surface area contributed by atoms with Crippen LogP contribution in [0, 0.1) is 0 Å². The lowest BCUT2D eigenvalue weighted by molar-refractivity contribution is 0.509. The number of benzene rings is 1. The monoisotopic (exact) mass is 307 g/mol. The highest BCUT2D eigenvalue weighted by Gasteiger charge is 2.12. The van der Waals surface area contributed by atoms with Crippen LogP contribution in [0.4, 0.5) is 0 Å². The summed E-state index contributed by atoms with van der Waals surface area (Å²) in [4.78, 5) is 1.38. The number of aryl methyl sites for hydroxylation is 1. The first-order chi connectivity index (χ1) is 9.65. The van der Waals surface area contributed by atoms with Crippen molar-refractivity contribution in [3.8, 4) is 0 Å². The normalized spacial score (nSPS) is 12.8. The summed E-state index contributed by atoms with van der Waals surface area (Å²) in [5.41, 5.74) is 1.42. The molecule has 1 aromatic heterocycles. The quantitative estimate of drug-likeness (QED) is 0.749. The molecule has 0 fully saturated rings. The largest absolute Gasteiger partial charge is 0.314 e. The van der Waals surface area contributed by atoms with E-state index in [0.717, 1.165) is 23.7 Å². The minimum absolute atomic E-state index is 0.525. The second-order valence-electron chi connectivity index (χ2n) is 5.42. The molecular weight excluding hydrogens is 286 g/mol. The Hall–Kier alpha value is -0.830. The molecule has 2 rings (SSSR count). The predicted molar refractivity (Wildman–Crippen MR) is 90.0 cm³/mol. The lowest BCUT2D eigenvalue weighted by Gasteiger charge is -2.19. The summed E-state index contributed by atoms with van der Waals surface area (Å²) in [6.45, 7) is 5.42. The van der Waals surface area contributed by atoms with Gasteiger partial charge in [-0.2, -0.15) is 0 Å². The van der Waals surface area contributed by atoms with Crippen molar-refractivity contribution in [1.82, 2.24) is 5.32 Å². The van der Waals surface area contributed by atoms with Gasteiger partial charge in [0.1, 0.15) is 0 Å². The molecule has 0 radical (unpaired) electrons. The molecule has 0 saturated heterocycles. The highest BCUT2D eigenvalue weighted by Crippen LogP contribution is 2.26. The van der Waals surface area contributed by atoms with Gasteiger partial charge in [-0.05, 0) is 36.5 Å². The van der Waals surface area contributed by atoms with E-state index in [1.54, 1.807) is 11.3 Å². The van der Waals surface area contributed by atoms with Crippen LogP contribution in [0.1, 0.15) is 36.6 Å². The van der Waals surface area contributed by atoms with Crippen LogP contribution in [0.15, 0.2) is 42.5 Å². The molecule has 1 aromatic carbocycles. The Balaban J connectivity index is 1.98. The fourth-order valence-corrected chi connectivity index (χ4v) is 3.40. The van der Waals surface area contributed by atoms with Crippen molar-refractivity contribution in [2.24, 2.45) is 0 Å². The van der Waals surface area contributed by atoms with Gasteiger partial charge in [-0.3, -0.25) is 0 Å². The molecule has 1 nitrogen and oxygen atoms in total. The van der Waals surface area contributed by atoms with Gasteiger partial charge >= 0.3 is 0 Å². The van der Waals surface area contributed by atoms with Crippen LogP contribution in [0.25, 0.3) is 0 Å². The molecule has 1 N–H and O–H groups in total. The van der Waals surface area contributed by atoms with Crippen LogP contribution in [0.5, 0.6) is 0 Å². The molecule has 1 unspecified atom stereocenters. The smallest absolute Gasteiger partial charge is 0.0931 e. The van der Waals surface area contributed by atoms with Crippen molar-refractivity contribution in [2.45, 2.75) is 38.6 Å². The molecule has 0 bridgehead atoms. The van der Waals surface area contributed by atoms with Gasteiger partial charge in [-0.15, -0.1) is 11.3 Å². The highest BCUT2D eigenvalue weighted by molar-refractivity contribution is 7.16. The SMILES string of the molecule is CC(C)NCC(CCc1ccc(Cl)s1)c1ccccc1. The molecule has 0 aliphatic heterocycles. The zero-order valence-electron chi connectivity index (χ0n) is 12.1. The second kappa shape index (κ2) is 7.82. The van der Waals surface area contributed by atoms with Crippen LogP contribution >= 0.6 is 22.9 Å². The standard InChI is InChI=1S/C17H22ClNS/c1-13(2)19-12-15(14-6-4-3-5-7-14)8-9-16-10-11-17(18)20-16/h3-7,10-11,13,15,19H,8-9,12H2,1-2H3. The lowest BCUT2D eigenvalue weighted by Crippen LogP contribution is -2.28. The van der Waals surface area contributed by atoms with E-state index in [9.17, 15) is 0 Å². The van der Waals surface area contributed by atoms with Crippen molar-refractivity contribution in [1.29, 1.82) is 0 Å². The molecular formula is C17H22ClNS. The second-order valence-corrected chi connectivity index (χ2v) is 7.21. The van der Waals surface area contributed by atoms with Gasteiger partial charge in [-0.25, -0.2) is 0 Å². The molecule has 0 aliphatic rings. The van der Waals surface area contributed by atoms with Crippen molar-refractivity contribution >= 4 is 22.9 Å². The van der Waals surface area contributed by atoms with Crippen LogP contribution < -0.4 is 5.32 Å². The summed E-state index contributed by atoms with van der Waals surface area (Å²) in [5, 5.41) is 3.56. The zero-order valence-corrected chi connectivity index (χ0v) is 13.7. The van der Waals surface area contributed by atoms with E-state index in [2.05, 4.69) is 55.6 Å². The van der Waals surface area contributed by atoms with Gasteiger partial charge in [0, 0.05) is 17.5 Å². The molecule has 20 heavy (non-hydrogen) atoms. The molecule has 0 amide bonds. The Morgan fingerprint density at radius 1 is 1.10 bits per heavy atom. The van der Waals surface area contributed by atoms with Crippen LogP contribution in [0.2, 0.25) is 4.34 Å². The van der Waals surface area contributed by atoms with E-state index in [1.165, 1.54) is 10.4 Å². The van der Waals surface area contributed by atoms with Gasteiger partial charge in [-0.1, -0.05) is 55.8 Å². The Labute approximate surface area is 131 Å². The number of nitrogens with one attached hydrogen (secondary N) is 1. The van der Waals surface area contributed by atoms with Gasteiger partial charge in [0.15, 0.2) is 0 Å². The highest BCUT2D eigenvalue weighted by atomic mass is 35.5. The van der Waals surface area contributed by atoms with Gasteiger partial charge < -0.3 is 5.32 Å². The fourth-order valence-electron chi connectivity index (χ4n) is 2.29. The number of rotatable bonds is 7. The Morgan fingerprint density at radius 3 is 2.45 bits per heavy atom. The summed E-state index contributed by atoms with van der Waals surface area (Å²) < 4.78 is 0.886. The van der Waals surface area contributed by atoms with Gasteiger partial charge in [0.25, 0.3) is 0 Å². The molecule has 0 saturated carbocycles. The first-order valence-electron chi connectivity index (χ1n) is 7.17. The van der Waals surface area contributed by atoms with E-state index in [0.29, 0.717) is 12.0 Å². The van der Waals surface area contributed by atoms with Crippen molar-refractivity contribution in [2.75, 3.05) is 6.54 Å². The first-order valence-corrected chi connectivity index (χ1v) is 8.37. The van der Waals surface area contributed by atoms with E-state index in [4.69, 9.17) is 11.6 Å². The fraction of sp³-hybridized carbons (Fsp3) is 0.412. The van der Waals surface area contributed by atoms with E-state index in [-0.39, 0.29) is 0 Å². The number of hydrogen-bond donors (Lipinski definition) is 1. The summed E-state index contributed by atoms with van der Waals surface area (Å²) in [6.07, 6.45) is 2.25. The third-order valence-corrected chi connectivity index (χ3v) is 4.70. The Morgan fingerprint density at radius 2 is 1.85 bits per heavy atom. The molecule has 0 spiro atoms. The summed E-state index contributed by atoms with van der Waals surface area (Å²) in [6, 6.07) is 15.4. The minimum Gasteiger partial charge on any atom is -0.314 e. The molecule has 1 heterocycles. The maximum absolute atomic E-state index is 6.00. The first kappa shape index (κ1) is 15.6. The lowest BCUT2D eigenvalue weighted by atomic mass is 9.93. The van der Waals surface area contributed by atoms with Crippen molar-refractivity contribution < 1.29 is 0 Å². The zero-order chi connectivity index (χ0) is 14.4. The van der Waals surface area contributed by atoms with Crippen LogP contribution in [-0.4, -0.2) is 12.6 Å². The van der Waals surface area contributed by atoms with E-state index in [1.807, 2.05) is 6.07 Å². The van der Waals surface area contributed by atoms with Crippen molar-refractivity contribution in [3.05, 3.63) is 57.2 Å². The maximum Gasteiger partial charge on any atom is 0.0931 e. The molecule has 1 atom stereocenters. The minimum atomic E-state index is 0.525. The predicted octanol–water partition coefficient (Wildman–Crippen LogP) is 5.12. The number of thiophene rings is 1. The summed E-state index contributed by atoms with van der Waals surface area (Å²) in [7, 11) is 0. The average molecular weight is 308 g/mol. The third-order valence-electron chi connectivity index (χ3n) is 3.41. The Bertz CT molecular complexity index is 507. The van der Waals surface area contributed by atoms with Gasteiger partial charge in [0.05, 0.1) is 4.34 Å². The molecule has 2 aromatic rings. The van der Waals surface area contributed by atoms with E-state index >= 15 is 0 Å². The maximum atomic E-state index is 6.00. The summed E-state index contributed by atoms with van der Waals surface area (Å²) in [5.74, 6) is 0.555. The third kappa shape index (κ3) is 4.93. The van der Waals surface area contributed by atoms with Crippen LogP contribution in [-0.2, 0) is 6.42 Å². The number of halogens is 1. The van der Waals surface area contributed by atoms with Gasteiger partial charge in [0.2, 0.25) is 0 Å². The Kier molecular flexibility index (Phi) is 6.08. The topological polar surface area (TPSA) is 12.0 Å². The van der Waals surface area contributed by atoms with Crippen LogP contribution in [0.3, 0.4) is 0 Å². The van der Waals surface area contributed by atoms with Crippen molar-refractivity contribution in [3.63, 3.8) is 0 Å².